The van der Waals surface area contributed by atoms with Crippen LogP contribution in [0, 0.1) is 5.82 Å². The van der Waals surface area contributed by atoms with E-state index < -0.39 is 9.84 Å². The summed E-state index contributed by atoms with van der Waals surface area (Å²) < 4.78 is 37.4. The van der Waals surface area contributed by atoms with E-state index in [0.29, 0.717) is 25.2 Å². The van der Waals surface area contributed by atoms with Crippen LogP contribution in [0.3, 0.4) is 0 Å². The monoisotopic (exact) mass is 315 g/mol. The summed E-state index contributed by atoms with van der Waals surface area (Å²) >= 11 is 0. The van der Waals surface area contributed by atoms with Crippen LogP contribution < -0.4 is 10.2 Å². The molecule has 1 aromatic heterocycles. The number of halogens is 1. The fraction of sp³-hybridized carbons (Fsp3) is 0.643. The zero-order valence-corrected chi connectivity index (χ0v) is 13.5. The van der Waals surface area contributed by atoms with Crippen molar-refractivity contribution in [3.63, 3.8) is 0 Å². The first-order valence-electron chi connectivity index (χ1n) is 7.02. The van der Waals surface area contributed by atoms with Gasteiger partial charge in [0.25, 0.3) is 0 Å². The van der Waals surface area contributed by atoms with Crippen molar-refractivity contribution < 1.29 is 12.8 Å². The number of rotatable bonds is 3. The van der Waals surface area contributed by atoms with E-state index in [-0.39, 0.29) is 28.7 Å². The Kier molecular flexibility index (Phi) is 4.53. The molecule has 2 heterocycles. The molecule has 0 atom stereocenters. The maximum absolute atomic E-state index is 14.5. The lowest BCUT2D eigenvalue weighted by Crippen LogP contribution is -2.41. The third-order valence-electron chi connectivity index (χ3n) is 3.40. The molecule has 118 valence electrons. The van der Waals surface area contributed by atoms with Crippen LogP contribution in [0.15, 0.2) is 12.3 Å². The summed E-state index contributed by atoms with van der Waals surface area (Å²) in [4.78, 5) is 5.79. The average Bonchev–Trinajstić information content (AvgIpc) is 2.37. The fourth-order valence-corrected chi connectivity index (χ4v) is 3.31. The third kappa shape index (κ3) is 4.38. The summed E-state index contributed by atoms with van der Waals surface area (Å²) in [6, 6.07) is 1.65. The van der Waals surface area contributed by atoms with Gasteiger partial charge in [0.15, 0.2) is 21.5 Å². The number of anilines is 1. The highest BCUT2D eigenvalue weighted by molar-refractivity contribution is 7.91. The molecule has 1 aliphatic heterocycles. The van der Waals surface area contributed by atoms with Crippen molar-refractivity contribution >= 4 is 15.7 Å². The van der Waals surface area contributed by atoms with Crippen LogP contribution in [0.4, 0.5) is 10.2 Å². The number of pyridine rings is 1. The van der Waals surface area contributed by atoms with E-state index in [4.69, 9.17) is 0 Å². The number of hydrogen-bond donors (Lipinski definition) is 1. The van der Waals surface area contributed by atoms with E-state index in [0.717, 1.165) is 0 Å². The van der Waals surface area contributed by atoms with Crippen LogP contribution in [0.5, 0.6) is 0 Å². The molecule has 0 aromatic carbocycles. The number of sulfone groups is 1. The maximum Gasteiger partial charge on any atom is 0.170 e. The second-order valence-electron chi connectivity index (χ2n) is 6.35. The Balaban J connectivity index is 2.14. The minimum Gasteiger partial charge on any atom is -0.352 e. The predicted molar refractivity (Wildman–Crippen MR) is 81.7 cm³/mol. The van der Waals surface area contributed by atoms with Crippen LogP contribution in [0.2, 0.25) is 0 Å². The first-order chi connectivity index (χ1) is 9.68. The Hall–Kier alpha value is -1.21. The van der Waals surface area contributed by atoms with Crippen LogP contribution in [0.1, 0.15) is 26.3 Å². The quantitative estimate of drug-likeness (QED) is 0.912. The topological polar surface area (TPSA) is 62.3 Å². The van der Waals surface area contributed by atoms with Gasteiger partial charge in [-0.15, -0.1) is 0 Å². The molecule has 0 radical (unpaired) electrons. The lowest BCUT2D eigenvalue weighted by atomic mass is 10.1. The van der Waals surface area contributed by atoms with Crippen LogP contribution >= 0.6 is 0 Å². The number of hydrogen-bond acceptors (Lipinski definition) is 5. The summed E-state index contributed by atoms with van der Waals surface area (Å²) in [5.74, 6) is -0.0105. The van der Waals surface area contributed by atoms with Crippen molar-refractivity contribution in [2.75, 3.05) is 29.5 Å². The SMILES string of the molecule is CC(C)(C)NCc1ccnc(N2CCS(=O)(=O)CC2)c1F. The van der Waals surface area contributed by atoms with E-state index >= 15 is 0 Å². The van der Waals surface area contributed by atoms with Crippen molar-refractivity contribution in [2.24, 2.45) is 0 Å². The molecular weight excluding hydrogens is 293 g/mol. The van der Waals surface area contributed by atoms with Gasteiger partial charge in [0.05, 0.1) is 11.5 Å². The van der Waals surface area contributed by atoms with Crippen molar-refractivity contribution in [2.45, 2.75) is 32.9 Å². The number of nitrogens with one attached hydrogen (secondary N) is 1. The zero-order valence-electron chi connectivity index (χ0n) is 12.7. The van der Waals surface area contributed by atoms with Gasteiger partial charge >= 0.3 is 0 Å². The summed E-state index contributed by atoms with van der Waals surface area (Å²) in [5, 5.41) is 3.24. The Morgan fingerprint density at radius 1 is 1.33 bits per heavy atom. The lowest BCUT2D eigenvalue weighted by Gasteiger charge is -2.28. The largest absolute Gasteiger partial charge is 0.352 e. The Labute approximate surface area is 125 Å². The van der Waals surface area contributed by atoms with Crippen molar-refractivity contribution in [1.29, 1.82) is 0 Å². The smallest absolute Gasteiger partial charge is 0.170 e. The molecule has 0 amide bonds. The third-order valence-corrected chi connectivity index (χ3v) is 5.01. The fourth-order valence-electron chi connectivity index (χ4n) is 2.11. The minimum absolute atomic E-state index is 0.0542. The maximum atomic E-state index is 14.5. The van der Waals surface area contributed by atoms with Gasteiger partial charge in [-0.2, -0.15) is 0 Å². The number of aromatic nitrogens is 1. The molecule has 0 aliphatic carbocycles. The highest BCUT2D eigenvalue weighted by atomic mass is 32.2. The minimum atomic E-state index is -2.98. The summed E-state index contributed by atoms with van der Waals surface area (Å²) in [6.07, 6.45) is 1.57. The van der Waals surface area contributed by atoms with Gasteiger partial charge < -0.3 is 10.2 Å². The molecule has 0 bridgehead atoms. The molecule has 1 fully saturated rings. The van der Waals surface area contributed by atoms with Gasteiger partial charge in [-0.25, -0.2) is 17.8 Å². The van der Waals surface area contributed by atoms with E-state index in [1.807, 2.05) is 20.8 Å². The van der Waals surface area contributed by atoms with Crippen LogP contribution in [-0.4, -0.2) is 43.5 Å². The van der Waals surface area contributed by atoms with Crippen molar-refractivity contribution in [1.82, 2.24) is 10.3 Å². The molecular formula is C14H22FN3O2S. The lowest BCUT2D eigenvalue weighted by molar-refractivity contribution is 0.418. The average molecular weight is 315 g/mol. The zero-order chi connectivity index (χ0) is 15.7. The van der Waals surface area contributed by atoms with Gasteiger partial charge in [0.2, 0.25) is 0 Å². The molecule has 21 heavy (non-hydrogen) atoms. The molecule has 7 heteroatoms. The number of nitrogens with zero attached hydrogens (tertiary/aromatic N) is 2. The molecule has 0 spiro atoms. The van der Waals surface area contributed by atoms with E-state index in [9.17, 15) is 12.8 Å². The van der Waals surface area contributed by atoms with Gasteiger partial charge in [-0.05, 0) is 26.8 Å². The first kappa shape index (κ1) is 16.2. The summed E-state index contributed by atoms with van der Waals surface area (Å²) in [7, 11) is -2.98. The molecule has 2 rings (SSSR count). The van der Waals surface area contributed by atoms with E-state index in [1.54, 1.807) is 17.2 Å². The molecule has 1 saturated heterocycles. The van der Waals surface area contributed by atoms with Crippen molar-refractivity contribution in [3.05, 3.63) is 23.6 Å². The molecule has 1 aliphatic rings. The van der Waals surface area contributed by atoms with Gasteiger partial charge in [-0.1, -0.05) is 0 Å². The van der Waals surface area contributed by atoms with Gasteiger partial charge in [0.1, 0.15) is 0 Å². The molecule has 5 nitrogen and oxygen atoms in total. The molecule has 0 saturated carbocycles. The Morgan fingerprint density at radius 3 is 2.52 bits per heavy atom. The molecule has 1 aromatic rings. The van der Waals surface area contributed by atoms with E-state index in [2.05, 4.69) is 10.3 Å². The highest BCUT2D eigenvalue weighted by Crippen LogP contribution is 2.21. The van der Waals surface area contributed by atoms with Crippen molar-refractivity contribution in [3.8, 4) is 0 Å². The second-order valence-corrected chi connectivity index (χ2v) is 8.65. The molecule has 1 N–H and O–H groups in total. The Bertz CT molecular complexity index is 597. The van der Waals surface area contributed by atoms with Crippen LogP contribution in [0.25, 0.3) is 0 Å². The summed E-state index contributed by atoms with van der Waals surface area (Å²) in [5.41, 5.74) is 0.443. The van der Waals surface area contributed by atoms with Crippen LogP contribution in [-0.2, 0) is 16.4 Å². The normalized spacial score (nSPS) is 18.8. The standard InChI is InChI=1S/C14H22FN3O2S/c1-14(2,3)17-10-11-4-5-16-13(12(11)15)18-6-8-21(19,20)9-7-18/h4-5,17H,6-10H2,1-3H3. The Morgan fingerprint density at radius 2 is 1.95 bits per heavy atom. The highest BCUT2D eigenvalue weighted by Gasteiger charge is 2.25. The predicted octanol–water partition coefficient (Wildman–Crippen LogP) is 1.34. The van der Waals surface area contributed by atoms with Gasteiger partial charge in [0, 0.05) is 36.9 Å². The second kappa shape index (κ2) is 5.88. The molecule has 0 unspecified atom stereocenters. The first-order valence-corrected chi connectivity index (χ1v) is 8.84. The summed E-state index contributed by atoms with van der Waals surface area (Å²) in [6.45, 7) is 7.05. The van der Waals surface area contributed by atoms with E-state index in [1.165, 1.54) is 0 Å². The van der Waals surface area contributed by atoms with Gasteiger partial charge in [-0.3, -0.25) is 0 Å².